The van der Waals surface area contributed by atoms with Gasteiger partial charge in [0.05, 0.1) is 11.1 Å². The van der Waals surface area contributed by atoms with Crippen LogP contribution in [0.5, 0.6) is 11.5 Å². The van der Waals surface area contributed by atoms with Gasteiger partial charge in [-0.3, -0.25) is 9.78 Å². The van der Waals surface area contributed by atoms with Crippen LogP contribution in [0.3, 0.4) is 0 Å². The van der Waals surface area contributed by atoms with Gasteiger partial charge in [0.15, 0.2) is 11.5 Å². The van der Waals surface area contributed by atoms with Crippen molar-refractivity contribution in [3.63, 3.8) is 0 Å². The van der Waals surface area contributed by atoms with Crippen molar-refractivity contribution >= 4 is 22.5 Å². The van der Waals surface area contributed by atoms with Gasteiger partial charge in [-0.25, -0.2) is 4.39 Å². The molecule has 26 heavy (non-hydrogen) atoms. The second-order valence-electron chi connectivity index (χ2n) is 6.69. The number of benzene rings is 2. The molecule has 3 aromatic rings. The number of nitrogens with one attached hydrogen (secondary N) is 1. The molecule has 0 spiro atoms. The summed E-state index contributed by atoms with van der Waals surface area (Å²) in [7, 11) is 0. The molecule has 0 saturated carbocycles. The number of carbonyl (C=O) groups is 1. The summed E-state index contributed by atoms with van der Waals surface area (Å²) in [5, 5.41) is 3.45. The lowest BCUT2D eigenvalue weighted by molar-refractivity contribution is -0.0431. The van der Waals surface area contributed by atoms with Crippen LogP contribution in [-0.4, -0.2) is 16.7 Å². The van der Waals surface area contributed by atoms with Crippen LogP contribution in [0.4, 0.5) is 10.1 Å². The monoisotopic (exact) mass is 352 g/mol. The Balaban J connectivity index is 1.67. The summed E-state index contributed by atoms with van der Waals surface area (Å²) in [6.07, 6.45) is 0. The molecule has 4 rings (SSSR count). The minimum Gasteiger partial charge on any atom is -0.449 e. The van der Waals surface area contributed by atoms with Gasteiger partial charge in [0.1, 0.15) is 5.82 Å². The van der Waals surface area contributed by atoms with Crippen molar-refractivity contribution in [3.05, 3.63) is 59.5 Å². The first-order valence-corrected chi connectivity index (χ1v) is 8.21. The van der Waals surface area contributed by atoms with Crippen molar-refractivity contribution in [2.45, 2.75) is 26.6 Å². The number of halogens is 1. The largest absolute Gasteiger partial charge is 0.449 e. The van der Waals surface area contributed by atoms with E-state index in [0.29, 0.717) is 39.3 Å². The first-order valence-electron chi connectivity index (χ1n) is 8.21. The normalized spacial score (nSPS) is 14.5. The van der Waals surface area contributed by atoms with Gasteiger partial charge in [0.25, 0.3) is 5.91 Å². The molecular weight excluding hydrogens is 335 g/mol. The number of amides is 1. The Morgan fingerprint density at radius 2 is 1.85 bits per heavy atom. The van der Waals surface area contributed by atoms with Crippen LogP contribution in [0.1, 0.15) is 29.9 Å². The van der Waals surface area contributed by atoms with Gasteiger partial charge < -0.3 is 14.8 Å². The van der Waals surface area contributed by atoms with E-state index in [0.717, 1.165) is 0 Å². The molecule has 0 saturated heterocycles. The molecule has 5 nitrogen and oxygen atoms in total. The molecule has 1 aromatic heterocycles. The van der Waals surface area contributed by atoms with Crippen LogP contribution >= 0.6 is 0 Å². The van der Waals surface area contributed by atoms with Crippen LogP contribution in [0.15, 0.2) is 42.5 Å². The fourth-order valence-electron chi connectivity index (χ4n) is 3.02. The van der Waals surface area contributed by atoms with Crippen LogP contribution in [0.25, 0.3) is 10.9 Å². The minimum atomic E-state index is -0.729. The number of hydrogen-bond acceptors (Lipinski definition) is 4. The summed E-state index contributed by atoms with van der Waals surface area (Å²) in [4.78, 5) is 17.1. The first kappa shape index (κ1) is 16.3. The van der Waals surface area contributed by atoms with Crippen molar-refractivity contribution in [2.75, 3.05) is 5.32 Å². The number of fused-ring (bicyclic) bond motifs is 2. The molecule has 0 aliphatic carbocycles. The van der Waals surface area contributed by atoms with E-state index in [1.54, 1.807) is 37.3 Å². The summed E-state index contributed by atoms with van der Waals surface area (Å²) < 4.78 is 24.8. The van der Waals surface area contributed by atoms with E-state index in [1.165, 1.54) is 12.1 Å². The highest BCUT2D eigenvalue weighted by Gasteiger charge is 2.31. The molecule has 0 fully saturated rings. The summed E-state index contributed by atoms with van der Waals surface area (Å²) in [5.41, 5.74) is 2.11. The Bertz CT molecular complexity index is 1040. The fourth-order valence-corrected chi connectivity index (χ4v) is 3.02. The SMILES string of the molecule is Cc1cc(C(=O)Nc2ccc3c(c2)OC(C)(C)O3)c2ccc(F)cc2n1. The molecular formula is C20H17FN2O3. The number of nitrogens with zero attached hydrogens (tertiary/aromatic N) is 1. The summed E-state index contributed by atoms with van der Waals surface area (Å²) in [6.45, 7) is 5.40. The zero-order valence-corrected chi connectivity index (χ0v) is 14.6. The van der Waals surface area contributed by atoms with E-state index in [1.807, 2.05) is 13.8 Å². The van der Waals surface area contributed by atoms with E-state index in [2.05, 4.69) is 10.3 Å². The van der Waals surface area contributed by atoms with Gasteiger partial charge in [0, 0.05) is 42.7 Å². The van der Waals surface area contributed by atoms with Gasteiger partial charge in [-0.1, -0.05) is 0 Å². The van der Waals surface area contributed by atoms with Gasteiger partial charge in [-0.15, -0.1) is 0 Å². The van der Waals surface area contributed by atoms with E-state index < -0.39 is 5.79 Å². The van der Waals surface area contributed by atoms with E-state index in [4.69, 9.17) is 9.47 Å². The highest BCUT2D eigenvalue weighted by atomic mass is 19.1. The molecule has 0 bridgehead atoms. The maximum atomic E-state index is 13.5. The predicted molar refractivity (Wildman–Crippen MR) is 96.2 cm³/mol. The number of aryl methyl sites for hydroxylation is 1. The summed E-state index contributed by atoms with van der Waals surface area (Å²) >= 11 is 0. The Morgan fingerprint density at radius 3 is 2.65 bits per heavy atom. The van der Waals surface area contributed by atoms with Gasteiger partial charge in [-0.2, -0.15) is 0 Å². The number of hydrogen-bond donors (Lipinski definition) is 1. The van der Waals surface area contributed by atoms with Crippen LogP contribution < -0.4 is 14.8 Å². The van der Waals surface area contributed by atoms with Gasteiger partial charge in [-0.05, 0) is 37.3 Å². The standard InChI is InChI=1S/C20H17FN2O3/c1-11-8-15(14-6-4-12(21)9-16(14)22-11)19(24)23-13-5-7-17-18(10-13)26-20(2,3)25-17/h4-10H,1-3H3,(H,23,24). The van der Waals surface area contributed by atoms with Gasteiger partial charge in [0.2, 0.25) is 5.79 Å². The van der Waals surface area contributed by atoms with E-state index in [-0.39, 0.29) is 11.7 Å². The smallest absolute Gasteiger partial charge is 0.256 e. The van der Waals surface area contributed by atoms with Crippen molar-refractivity contribution in [1.29, 1.82) is 0 Å². The molecule has 1 aliphatic rings. The van der Waals surface area contributed by atoms with Crippen molar-refractivity contribution in [2.24, 2.45) is 0 Å². The number of aromatic nitrogens is 1. The van der Waals surface area contributed by atoms with Gasteiger partial charge >= 0.3 is 0 Å². The molecule has 2 heterocycles. The molecule has 0 radical (unpaired) electrons. The highest BCUT2D eigenvalue weighted by Crippen LogP contribution is 2.40. The third-order valence-corrected chi connectivity index (χ3v) is 4.06. The topological polar surface area (TPSA) is 60.5 Å². The number of ether oxygens (including phenoxy) is 2. The molecule has 2 aromatic carbocycles. The average molecular weight is 352 g/mol. The van der Waals surface area contributed by atoms with Crippen molar-refractivity contribution < 1.29 is 18.7 Å². The Morgan fingerprint density at radius 1 is 1.08 bits per heavy atom. The third kappa shape index (κ3) is 2.94. The maximum Gasteiger partial charge on any atom is 0.256 e. The number of carbonyl (C=O) groups excluding carboxylic acids is 1. The predicted octanol–water partition coefficient (Wildman–Crippen LogP) is 4.44. The highest BCUT2D eigenvalue weighted by molar-refractivity contribution is 6.12. The quantitative estimate of drug-likeness (QED) is 0.741. The molecule has 6 heteroatoms. The van der Waals surface area contributed by atoms with Crippen molar-refractivity contribution in [3.8, 4) is 11.5 Å². The zero-order chi connectivity index (χ0) is 18.5. The fraction of sp³-hybridized carbons (Fsp3) is 0.200. The zero-order valence-electron chi connectivity index (χ0n) is 14.6. The third-order valence-electron chi connectivity index (χ3n) is 4.06. The first-order chi connectivity index (χ1) is 12.3. The second kappa shape index (κ2) is 5.69. The Labute approximate surface area is 149 Å². The minimum absolute atomic E-state index is 0.301. The second-order valence-corrected chi connectivity index (χ2v) is 6.69. The molecule has 132 valence electrons. The molecule has 1 amide bonds. The summed E-state index contributed by atoms with van der Waals surface area (Å²) in [5.74, 6) is -0.210. The molecule has 0 atom stereocenters. The Hall–Kier alpha value is -3.15. The molecule has 1 aliphatic heterocycles. The van der Waals surface area contributed by atoms with E-state index >= 15 is 0 Å². The number of anilines is 1. The maximum absolute atomic E-state index is 13.5. The molecule has 0 unspecified atom stereocenters. The average Bonchev–Trinajstić information content (AvgIpc) is 2.86. The molecule has 1 N–H and O–H groups in total. The number of rotatable bonds is 2. The summed E-state index contributed by atoms with van der Waals surface area (Å²) in [6, 6.07) is 11.1. The lowest BCUT2D eigenvalue weighted by Gasteiger charge is -2.16. The lowest BCUT2D eigenvalue weighted by Crippen LogP contribution is -2.29. The van der Waals surface area contributed by atoms with Crippen LogP contribution in [-0.2, 0) is 0 Å². The van der Waals surface area contributed by atoms with E-state index in [9.17, 15) is 9.18 Å². The van der Waals surface area contributed by atoms with Crippen molar-refractivity contribution in [1.82, 2.24) is 4.98 Å². The van der Waals surface area contributed by atoms with Crippen LogP contribution in [0, 0.1) is 12.7 Å². The lowest BCUT2D eigenvalue weighted by atomic mass is 10.1. The number of pyridine rings is 1. The Kier molecular flexibility index (Phi) is 3.57. The van der Waals surface area contributed by atoms with Crippen LogP contribution in [0.2, 0.25) is 0 Å².